The maximum Gasteiger partial charge on any atom is 0.191 e. The Kier molecular flexibility index (Phi) is 7.34. The van der Waals surface area contributed by atoms with Crippen LogP contribution in [0.1, 0.15) is 32.3 Å². The van der Waals surface area contributed by atoms with Crippen molar-refractivity contribution in [1.82, 2.24) is 10.6 Å². The smallest absolute Gasteiger partial charge is 0.191 e. The maximum absolute atomic E-state index is 4.36. The van der Waals surface area contributed by atoms with Crippen LogP contribution in [0.4, 0.5) is 0 Å². The average Bonchev–Trinajstić information content (AvgIpc) is 2.91. The first-order valence-corrected chi connectivity index (χ1v) is 7.22. The number of nitrogens with one attached hydrogen (secondary N) is 2. The van der Waals surface area contributed by atoms with Crippen LogP contribution < -0.4 is 10.6 Å². The summed E-state index contributed by atoms with van der Waals surface area (Å²) in [5.74, 6) is 0.969. The Bertz CT molecular complexity index is 415. The molecule has 0 fully saturated rings. The van der Waals surface area contributed by atoms with E-state index >= 15 is 0 Å². The first-order chi connectivity index (χ1) is 9.16. The van der Waals surface area contributed by atoms with Crippen LogP contribution in [0.25, 0.3) is 0 Å². The Morgan fingerprint density at radius 3 is 2.65 bits per heavy atom. The van der Waals surface area contributed by atoms with Gasteiger partial charge in [0.25, 0.3) is 0 Å². The maximum atomic E-state index is 4.36. The minimum Gasteiger partial charge on any atom is -0.356 e. The molecule has 4 heteroatoms. The van der Waals surface area contributed by atoms with Crippen LogP contribution in [-0.4, -0.2) is 25.6 Å². The summed E-state index contributed by atoms with van der Waals surface area (Å²) in [6.45, 7) is 7.49. The first kappa shape index (κ1) is 17.3. The highest BCUT2D eigenvalue weighted by molar-refractivity contribution is 14.0. The van der Waals surface area contributed by atoms with Crippen LogP contribution in [0, 0.1) is 5.41 Å². The van der Waals surface area contributed by atoms with Gasteiger partial charge in [0.2, 0.25) is 0 Å². The second kappa shape index (κ2) is 8.49. The van der Waals surface area contributed by atoms with Gasteiger partial charge >= 0.3 is 0 Å². The molecule has 3 nitrogen and oxygen atoms in total. The van der Waals surface area contributed by atoms with Gasteiger partial charge in [0.1, 0.15) is 0 Å². The summed E-state index contributed by atoms with van der Waals surface area (Å²) < 4.78 is 0. The van der Waals surface area contributed by atoms with Crippen molar-refractivity contribution in [1.29, 1.82) is 0 Å². The van der Waals surface area contributed by atoms with Crippen molar-refractivity contribution in [2.75, 3.05) is 19.6 Å². The van der Waals surface area contributed by atoms with Gasteiger partial charge in [-0.25, -0.2) is 0 Å². The zero-order chi connectivity index (χ0) is 13.6. The normalized spacial score (nSPS) is 14.2. The predicted molar refractivity (Wildman–Crippen MR) is 96.9 cm³/mol. The number of rotatable bonds is 6. The SMILES string of the molecule is CC(C)(CCCc1ccccc1)CNC1=NCCN1.I. The highest BCUT2D eigenvalue weighted by atomic mass is 127. The van der Waals surface area contributed by atoms with E-state index in [9.17, 15) is 0 Å². The van der Waals surface area contributed by atoms with Crippen LogP contribution in [0.3, 0.4) is 0 Å². The number of benzene rings is 1. The summed E-state index contributed by atoms with van der Waals surface area (Å²) in [5, 5.41) is 6.66. The van der Waals surface area contributed by atoms with Crippen molar-refractivity contribution in [3.05, 3.63) is 35.9 Å². The topological polar surface area (TPSA) is 36.4 Å². The zero-order valence-electron chi connectivity index (χ0n) is 12.5. The molecule has 2 N–H and O–H groups in total. The van der Waals surface area contributed by atoms with Gasteiger partial charge in [0, 0.05) is 13.1 Å². The third-order valence-corrected chi connectivity index (χ3v) is 3.57. The number of aliphatic imine (C=N–C) groups is 1. The Morgan fingerprint density at radius 1 is 1.25 bits per heavy atom. The molecule has 1 aromatic carbocycles. The van der Waals surface area contributed by atoms with E-state index in [0.717, 1.165) is 25.6 Å². The predicted octanol–water partition coefficient (Wildman–Crippen LogP) is 3.20. The van der Waals surface area contributed by atoms with Crippen LogP contribution >= 0.6 is 24.0 Å². The molecule has 0 unspecified atom stereocenters. The molecule has 0 saturated heterocycles. The highest BCUT2D eigenvalue weighted by Crippen LogP contribution is 2.22. The lowest BCUT2D eigenvalue weighted by molar-refractivity contribution is 0.323. The minimum absolute atomic E-state index is 0. The van der Waals surface area contributed by atoms with Gasteiger partial charge in [-0.1, -0.05) is 44.2 Å². The molecule has 112 valence electrons. The van der Waals surface area contributed by atoms with E-state index in [1.165, 1.54) is 24.8 Å². The van der Waals surface area contributed by atoms with Gasteiger partial charge in [-0.15, -0.1) is 24.0 Å². The fourth-order valence-corrected chi connectivity index (χ4v) is 2.34. The van der Waals surface area contributed by atoms with Gasteiger partial charge in [-0.2, -0.15) is 0 Å². The second-order valence-corrected chi connectivity index (χ2v) is 6.01. The molecular weight excluding hydrogens is 361 g/mol. The fourth-order valence-electron chi connectivity index (χ4n) is 2.34. The summed E-state index contributed by atoms with van der Waals surface area (Å²) >= 11 is 0. The molecule has 0 bridgehead atoms. The first-order valence-electron chi connectivity index (χ1n) is 7.22. The third kappa shape index (κ3) is 6.11. The van der Waals surface area contributed by atoms with Crippen LogP contribution in [0.15, 0.2) is 35.3 Å². The Hall–Kier alpha value is -0.780. The molecule has 0 radical (unpaired) electrons. The van der Waals surface area contributed by atoms with E-state index in [2.05, 4.69) is 59.8 Å². The summed E-state index contributed by atoms with van der Waals surface area (Å²) in [6.07, 6.45) is 3.63. The van der Waals surface area contributed by atoms with Crippen molar-refractivity contribution in [3.63, 3.8) is 0 Å². The molecular formula is C16H26IN3. The highest BCUT2D eigenvalue weighted by Gasteiger charge is 2.18. The lowest BCUT2D eigenvalue weighted by Crippen LogP contribution is -2.39. The van der Waals surface area contributed by atoms with Crippen molar-refractivity contribution in [2.24, 2.45) is 10.4 Å². The summed E-state index contributed by atoms with van der Waals surface area (Å²) in [5.41, 5.74) is 1.75. The van der Waals surface area contributed by atoms with Crippen molar-refractivity contribution in [3.8, 4) is 0 Å². The number of halogens is 1. The quantitative estimate of drug-likeness (QED) is 0.736. The van der Waals surface area contributed by atoms with E-state index in [-0.39, 0.29) is 24.0 Å². The van der Waals surface area contributed by atoms with E-state index in [1.807, 2.05) is 0 Å². The number of hydrogen-bond acceptors (Lipinski definition) is 3. The molecule has 2 rings (SSSR count). The second-order valence-electron chi connectivity index (χ2n) is 6.01. The lowest BCUT2D eigenvalue weighted by atomic mass is 9.86. The van der Waals surface area contributed by atoms with E-state index in [1.54, 1.807) is 0 Å². The number of nitrogens with zero attached hydrogens (tertiary/aromatic N) is 1. The average molecular weight is 387 g/mol. The van der Waals surface area contributed by atoms with Gasteiger partial charge in [-0.05, 0) is 30.2 Å². The van der Waals surface area contributed by atoms with Crippen LogP contribution in [0.2, 0.25) is 0 Å². The van der Waals surface area contributed by atoms with Crippen molar-refractivity contribution >= 4 is 29.9 Å². The Labute approximate surface area is 139 Å². The summed E-state index contributed by atoms with van der Waals surface area (Å²) in [7, 11) is 0. The van der Waals surface area contributed by atoms with Gasteiger partial charge < -0.3 is 10.6 Å². The lowest BCUT2D eigenvalue weighted by Gasteiger charge is -2.25. The van der Waals surface area contributed by atoms with Crippen LogP contribution in [-0.2, 0) is 6.42 Å². The van der Waals surface area contributed by atoms with Gasteiger partial charge in [0.15, 0.2) is 5.96 Å². The van der Waals surface area contributed by atoms with Crippen molar-refractivity contribution in [2.45, 2.75) is 33.1 Å². The number of hydrogen-bond donors (Lipinski definition) is 2. The third-order valence-electron chi connectivity index (χ3n) is 3.57. The Balaban J connectivity index is 0.00000200. The molecule has 0 amide bonds. The summed E-state index contributed by atoms with van der Waals surface area (Å²) in [4.78, 5) is 4.36. The van der Waals surface area contributed by atoms with E-state index in [4.69, 9.17) is 0 Å². The number of guanidine groups is 1. The monoisotopic (exact) mass is 387 g/mol. The van der Waals surface area contributed by atoms with Gasteiger partial charge in [-0.3, -0.25) is 4.99 Å². The standard InChI is InChI=1S/C16H25N3.HI/c1-16(2,13-19-15-17-11-12-18-15)10-6-9-14-7-4-3-5-8-14;/h3-5,7-8H,6,9-13H2,1-2H3,(H2,17,18,19);1H. The van der Waals surface area contributed by atoms with Gasteiger partial charge in [0.05, 0.1) is 6.54 Å². The molecule has 0 saturated carbocycles. The molecule has 1 aliphatic rings. The van der Waals surface area contributed by atoms with Crippen molar-refractivity contribution < 1.29 is 0 Å². The largest absolute Gasteiger partial charge is 0.356 e. The summed E-state index contributed by atoms with van der Waals surface area (Å²) in [6, 6.07) is 10.7. The fraction of sp³-hybridized carbons (Fsp3) is 0.562. The molecule has 0 aliphatic carbocycles. The van der Waals surface area contributed by atoms with Crippen LogP contribution in [0.5, 0.6) is 0 Å². The van der Waals surface area contributed by atoms with E-state index in [0.29, 0.717) is 5.41 Å². The molecule has 1 aromatic rings. The molecule has 0 spiro atoms. The molecule has 1 heterocycles. The van der Waals surface area contributed by atoms with E-state index < -0.39 is 0 Å². The minimum atomic E-state index is 0. The molecule has 0 aromatic heterocycles. The zero-order valence-corrected chi connectivity index (χ0v) is 14.8. The Morgan fingerprint density at radius 2 is 2.00 bits per heavy atom. The molecule has 20 heavy (non-hydrogen) atoms. The number of aryl methyl sites for hydroxylation is 1. The molecule has 1 aliphatic heterocycles. The molecule has 0 atom stereocenters.